The second-order valence-corrected chi connectivity index (χ2v) is 4.89. The molecule has 1 unspecified atom stereocenters. The van der Waals surface area contributed by atoms with Crippen molar-refractivity contribution in [1.82, 2.24) is 0 Å². The van der Waals surface area contributed by atoms with E-state index in [-0.39, 0.29) is 5.78 Å². The first-order chi connectivity index (χ1) is 8.25. The second-order valence-electron chi connectivity index (χ2n) is 4.46. The number of rotatable bonds is 5. The Morgan fingerprint density at radius 1 is 1.35 bits per heavy atom. The topological polar surface area (TPSA) is 26.3 Å². The van der Waals surface area contributed by atoms with Gasteiger partial charge in [-0.1, -0.05) is 11.6 Å². The lowest BCUT2D eigenvalue weighted by Crippen LogP contribution is -2.06. The largest absolute Gasteiger partial charge is 0.378 e. The molecule has 1 aliphatic rings. The number of halogens is 1. The van der Waals surface area contributed by atoms with Crippen LogP contribution in [0, 0.1) is 0 Å². The number of carbonyl (C=O) groups excluding carboxylic acids is 1. The zero-order valence-corrected chi connectivity index (χ0v) is 10.6. The van der Waals surface area contributed by atoms with Gasteiger partial charge in [0.05, 0.1) is 6.10 Å². The first kappa shape index (κ1) is 12.6. The minimum atomic E-state index is 0.194. The van der Waals surface area contributed by atoms with Crippen molar-refractivity contribution in [2.75, 3.05) is 6.61 Å². The molecule has 0 aromatic heterocycles. The van der Waals surface area contributed by atoms with Crippen molar-refractivity contribution in [3.05, 3.63) is 34.9 Å². The molecule has 0 aliphatic carbocycles. The Bertz CT molecular complexity index is 366. The fraction of sp³-hybridized carbons (Fsp3) is 0.500. The lowest BCUT2D eigenvalue weighted by molar-refractivity contribution is 0.0923. The quantitative estimate of drug-likeness (QED) is 0.744. The highest BCUT2D eigenvalue weighted by atomic mass is 35.5. The van der Waals surface area contributed by atoms with Gasteiger partial charge in [-0.15, -0.1) is 0 Å². The van der Waals surface area contributed by atoms with E-state index in [2.05, 4.69) is 0 Å². The minimum Gasteiger partial charge on any atom is -0.378 e. The minimum absolute atomic E-state index is 0.194. The van der Waals surface area contributed by atoms with Crippen LogP contribution in [0.25, 0.3) is 0 Å². The lowest BCUT2D eigenvalue weighted by Gasteiger charge is -2.08. The van der Waals surface area contributed by atoms with Gasteiger partial charge >= 0.3 is 0 Å². The summed E-state index contributed by atoms with van der Waals surface area (Å²) in [5, 5.41) is 0.668. The number of carbonyl (C=O) groups is 1. The van der Waals surface area contributed by atoms with Crippen molar-refractivity contribution < 1.29 is 9.53 Å². The molecule has 0 bridgehead atoms. The van der Waals surface area contributed by atoms with Crippen molar-refractivity contribution in [2.45, 2.75) is 38.2 Å². The van der Waals surface area contributed by atoms with Crippen LogP contribution in [-0.2, 0) is 4.74 Å². The molecule has 1 heterocycles. The van der Waals surface area contributed by atoms with Crippen LogP contribution in [0.1, 0.15) is 42.5 Å². The zero-order chi connectivity index (χ0) is 12.1. The van der Waals surface area contributed by atoms with E-state index in [0.29, 0.717) is 17.5 Å². The summed E-state index contributed by atoms with van der Waals surface area (Å²) in [6.45, 7) is 0.885. The molecule has 0 amide bonds. The Balaban J connectivity index is 1.75. The SMILES string of the molecule is O=C(CCCC1CCCO1)c1ccc(Cl)cc1. The molecule has 3 heteroatoms. The number of ether oxygens (including phenoxy) is 1. The van der Waals surface area contributed by atoms with E-state index in [1.807, 2.05) is 0 Å². The maximum absolute atomic E-state index is 11.8. The predicted octanol–water partition coefficient (Wildman–Crippen LogP) is 3.87. The fourth-order valence-electron chi connectivity index (χ4n) is 2.14. The van der Waals surface area contributed by atoms with Crippen molar-refractivity contribution >= 4 is 17.4 Å². The second kappa shape index (κ2) is 6.18. The number of hydrogen-bond donors (Lipinski definition) is 0. The Morgan fingerprint density at radius 2 is 2.12 bits per heavy atom. The number of ketones is 1. The van der Waals surface area contributed by atoms with Crippen LogP contribution in [0.5, 0.6) is 0 Å². The molecule has 1 atom stereocenters. The summed E-state index contributed by atoms with van der Waals surface area (Å²) in [6.07, 6.45) is 5.20. The fourth-order valence-corrected chi connectivity index (χ4v) is 2.27. The van der Waals surface area contributed by atoms with Gasteiger partial charge in [0.25, 0.3) is 0 Å². The van der Waals surface area contributed by atoms with E-state index >= 15 is 0 Å². The number of Topliss-reactive ketones (excluding diaryl/α,β-unsaturated/α-hetero) is 1. The van der Waals surface area contributed by atoms with E-state index in [4.69, 9.17) is 16.3 Å². The van der Waals surface area contributed by atoms with Crippen molar-refractivity contribution in [2.24, 2.45) is 0 Å². The van der Waals surface area contributed by atoms with E-state index in [1.165, 1.54) is 0 Å². The Labute approximate surface area is 107 Å². The van der Waals surface area contributed by atoms with Crippen LogP contribution < -0.4 is 0 Å². The molecule has 1 aromatic carbocycles. The van der Waals surface area contributed by atoms with E-state index in [1.54, 1.807) is 24.3 Å². The molecule has 1 saturated heterocycles. The summed E-state index contributed by atoms with van der Waals surface area (Å²) >= 11 is 5.78. The van der Waals surface area contributed by atoms with Gasteiger partial charge in [-0.05, 0) is 49.9 Å². The molecule has 0 radical (unpaired) electrons. The lowest BCUT2D eigenvalue weighted by atomic mass is 10.0. The first-order valence-electron chi connectivity index (χ1n) is 6.16. The first-order valence-corrected chi connectivity index (χ1v) is 6.54. The van der Waals surface area contributed by atoms with Crippen LogP contribution >= 0.6 is 11.6 Å². The molecule has 2 rings (SSSR count). The summed E-state index contributed by atoms with van der Waals surface area (Å²) in [5.74, 6) is 0.194. The number of hydrogen-bond acceptors (Lipinski definition) is 2. The molecule has 0 saturated carbocycles. The van der Waals surface area contributed by atoms with E-state index in [0.717, 1.165) is 37.9 Å². The third-order valence-corrected chi connectivity index (χ3v) is 3.37. The van der Waals surface area contributed by atoms with Crippen LogP contribution in [0.4, 0.5) is 0 Å². The third kappa shape index (κ3) is 3.83. The molecule has 0 N–H and O–H groups in total. The molecule has 0 spiro atoms. The highest BCUT2D eigenvalue weighted by Gasteiger charge is 2.15. The average Bonchev–Trinajstić information content (AvgIpc) is 2.83. The summed E-state index contributed by atoms with van der Waals surface area (Å²) in [7, 11) is 0. The van der Waals surface area contributed by atoms with Gasteiger partial charge < -0.3 is 4.74 Å². The van der Waals surface area contributed by atoms with Crippen molar-refractivity contribution in [1.29, 1.82) is 0 Å². The highest BCUT2D eigenvalue weighted by Crippen LogP contribution is 2.19. The summed E-state index contributed by atoms with van der Waals surface area (Å²) < 4.78 is 5.53. The zero-order valence-electron chi connectivity index (χ0n) is 9.82. The molecular weight excluding hydrogens is 236 g/mol. The molecule has 92 valence electrons. The Morgan fingerprint density at radius 3 is 2.76 bits per heavy atom. The van der Waals surface area contributed by atoms with Crippen LogP contribution in [-0.4, -0.2) is 18.5 Å². The molecule has 1 aliphatic heterocycles. The van der Waals surface area contributed by atoms with Gasteiger partial charge in [-0.25, -0.2) is 0 Å². The maximum Gasteiger partial charge on any atom is 0.162 e. The smallest absolute Gasteiger partial charge is 0.162 e. The van der Waals surface area contributed by atoms with Crippen LogP contribution in [0.2, 0.25) is 5.02 Å². The Hall–Kier alpha value is -0.860. The molecular formula is C14H17ClO2. The van der Waals surface area contributed by atoms with Gasteiger partial charge in [0, 0.05) is 23.6 Å². The van der Waals surface area contributed by atoms with Gasteiger partial charge in [-0.2, -0.15) is 0 Å². The van der Waals surface area contributed by atoms with Crippen LogP contribution in [0.15, 0.2) is 24.3 Å². The predicted molar refractivity (Wildman–Crippen MR) is 68.6 cm³/mol. The molecule has 17 heavy (non-hydrogen) atoms. The maximum atomic E-state index is 11.8. The van der Waals surface area contributed by atoms with Crippen molar-refractivity contribution in [3.8, 4) is 0 Å². The van der Waals surface area contributed by atoms with Crippen LogP contribution in [0.3, 0.4) is 0 Å². The monoisotopic (exact) mass is 252 g/mol. The highest BCUT2D eigenvalue weighted by molar-refractivity contribution is 6.30. The van der Waals surface area contributed by atoms with Gasteiger partial charge in [0.15, 0.2) is 5.78 Å². The number of benzene rings is 1. The standard InChI is InChI=1S/C14H17ClO2/c15-12-8-6-11(7-9-12)14(16)5-1-3-13-4-2-10-17-13/h6-9,13H,1-5,10H2. The average molecular weight is 253 g/mol. The molecule has 1 aromatic rings. The normalized spacial score (nSPS) is 19.5. The third-order valence-electron chi connectivity index (χ3n) is 3.12. The summed E-state index contributed by atoms with van der Waals surface area (Å²) in [6, 6.07) is 7.09. The summed E-state index contributed by atoms with van der Waals surface area (Å²) in [5.41, 5.74) is 0.752. The van der Waals surface area contributed by atoms with Gasteiger partial charge in [0.1, 0.15) is 0 Å². The van der Waals surface area contributed by atoms with E-state index < -0.39 is 0 Å². The summed E-state index contributed by atoms with van der Waals surface area (Å²) in [4.78, 5) is 11.8. The van der Waals surface area contributed by atoms with Gasteiger partial charge in [0.2, 0.25) is 0 Å². The van der Waals surface area contributed by atoms with E-state index in [9.17, 15) is 4.79 Å². The molecule has 1 fully saturated rings. The Kier molecular flexibility index (Phi) is 4.57. The van der Waals surface area contributed by atoms with Gasteiger partial charge in [-0.3, -0.25) is 4.79 Å². The van der Waals surface area contributed by atoms with Crippen molar-refractivity contribution in [3.63, 3.8) is 0 Å². The molecule has 2 nitrogen and oxygen atoms in total.